The molecule has 1 atom stereocenters. The van der Waals surface area contributed by atoms with Gasteiger partial charge in [-0.25, -0.2) is 0 Å². The van der Waals surface area contributed by atoms with Gasteiger partial charge in [0, 0.05) is 0 Å². The molecule has 0 aliphatic carbocycles. The lowest BCUT2D eigenvalue weighted by Crippen LogP contribution is -2.19. The first-order valence-electron chi connectivity index (χ1n) is 3.49. The molecule has 0 bridgehead atoms. The number of aliphatic hydroxyl groups is 1. The first-order valence-corrected chi connectivity index (χ1v) is 4.25. The highest BCUT2D eigenvalue weighted by Gasteiger charge is 2.11. The third-order valence-corrected chi connectivity index (χ3v) is 2.29. The van der Waals surface area contributed by atoms with E-state index in [9.17, 15) is 5.11 Å². The molecule has 1 aromatic carbocycles. The minimum atomic E-state index is -1.12. The van der Waals surface area contributed by atoms with Gasteiger partial charge in [0.05, 0.1) is 10.0 Å². The van der Waals surface area contributed by atoms with Crippen LogP contribution < -0.4 is 5.73 Å². The number of hydrogen-bond donors (Lipinski definition) is 3. The Balaban J connectivity index is 3.03. The van der Waals surface area contributed by atoms with Crippen molar-refractivity contribution in [3.05, 3.63) is 33.8 Å². The van der Waals surface area contributed by atoms with Gasteiger partial charge in [-0.3, -0.25) is 5.41 Å². The summed E-state index contributed by atoms with van der Waals surface area (Å²) in [5, 5.41) is 17.1. The fourth-order valence-electron chi connectivity index (χ4n) is 0.862. The van der Waals surface area contributed by atoms with Crippen LogP contribution in [0, 0.1) is 5.41 Å². The summed E-state index contributed by atoms with van der Waals surface area (Å²) in [4.78, 5) is 0. The Hall–Kier alpha value is -0.770. The van der Waals surface area contributed by atoms with Crippen molar-refractivity contribution in [2.24, 2.45) is 5.73 Å². The Bertz CT molecular complexity index is 341. The first kappa shape index (κ1) is 10.3. The summed E-state index contributed by atoms with van der Waals surface area (Å²) in [5.74, 6) is -0.321. The molecule has 0 aliphatic rings. The molecule has 0 amide bonds. The van der Waals surface area contributed by atoms with E-state index in [4.69, 9.17) is 34.3 Å². The molecule has 13 heavy (non-hydrogen) atoms. The number of rotatable bonds is 2. The van der Waals surface area contributed by atoms with Gasteiger partial charge in [0.25, 0.3) is 0 Å². The summed E-state index contributed by atoms with van der Waals surface area (Å²) < 4.78 is 0. The Morgan fingerprint density at radius 3 is 2.46 bits per heavy atom. The number of nitrogens with two attached hydrogens (primary N) is 1. The zero-order valence-electron chi connectivity index (χ0n) is 6.59. The van der Waals surface area contributed by atoms with E-state index in [0.717, 1.165) is 0 Å². The first-order chi connectivity index (χ1) is 6.02. The van der Waals surface area contributed by atoms with E-state index >= 15 is 0 Å². The van der Waals surface area contributed by atoms with Crippen molar-refractivity contribution < 1.29 is 5.11 Å². The minimum Gasteiger partial charge on any atom is -0.385 e. The van der Waals surface area contributed by atoms with Crippen LogP contribution in [-0.4, -0.2) is 10.9 Å². The number of benzene rings is 1. The van der Waals surface area contributed by atoms with Crippen LogP contribution in [0.5, 0.6) is 0 Å². The Morgan fingerprint density at radius 1 is 1.38 bits per heavy atom. The highest BCUT2D eigenvalue weighted by molar-refractivity contribution is 6.42. The van der Waals surface area contributed by atoms with Gasteiger partial charge in [-0.05, 0) is 17.7 Å². The van der Waals surface area contributed by atoms with Crippen LogP contribution in [0.25, 0.3) is 0 Å². The summed E-state index contributed by atoms with van der Waals surface area (Å²) in [6, 6.07) is 4.60. The second-order valence-electron chi connectivity index (χ2n) is 2.53. The zero-order valence-corrected chi connectivity index (χ0v) is 8.10. The number of halogens is 2. The average Bonchev–Trinajstić information content (AvgIpc) is 2.08. The third-order valence-electron chi connectivity index (χ3n) is 1.55. The van der Waals surface area contributed by atoms with Crippen molar-refractivity contribution in [1.29, 1.82) is 5.41 Å². The lowest BCUT2D eigenvalue weighted by Gasteiger charge is -2.09. The molecule has 0 saturated heterocycles. The third kappa shape index (κ3) is 2.34. The van der Waals surface area contributed by atoms with Gasteiger partial charge in [-0.2, -0.15) is 0 Å². The second-order valence-corrected chi connectivity index (χ2v) is 3.35. The van der Waals surface area contributed by atoms with E-state index in [-0.39, 0.29) is 5.84 Å². The molecule has 0 spiro atoms. The van der Waals surface area contributed by atoms with Crippen LogP contribution >= 0.6 is 23.2 Å². The van der Waals surface area contributed by atoms with Crippen molar-refractivity contribution in [3.8, 4) is 0 Å². The summed E-state index contributed by atoms with van der Waals surface area (Å²) in [5.41, 5.74) is 5.57. The van der Waals surface area contributed by atoms with Crippen LogP contribution in [0.4, 0.5) is 0 Å². The molecule has 0 aliphatic heterocycles. The number of nitrogens with one attached hydrogen (secondary N) is 1. The lowest BCUT2D eigenvalue weighted by molar-refractivity contribution is 0.245. The molecule has 70 valence electrons. The average molecular weight is 219 g/mol. The Morgan fingerprint density at radius 2 is 2.00 bits per heavy atom. The molecular weight excluding hydrogens is 211 g/mol. The number of aliphatic hydroxyl groups excluding tert-OH is 1. The predicted molar refractivity (Wildman–Crippen MR) is 53.3 cm³/mol. The fraction of sp³-hybridized carbons (Fsp3) is 0.125. The molecule has 1 aromatic rings. The van der Waals surface area contributed by atoms with Gasteiger partial charge in [0.2, 0.25) is 0 Å². The maximum atomic E-state index is 9.36. The second kappa shape index (κ2) is 3.96. The van der Waals surface area contributed by atoms with Gasteiger partial charge < -0.3 is 10.8 Å². The normalized spacial score (nSPS) is 12.5. The molecule has 0 aromatic heterocycles. The maximum absolute atomic E-state index is 9.36. The number of amidine groups is 1. The highest BCUT2D eigenvalue weighted by Crippen LogP contribution is 2.25. The van der Waals surface area contributed by atoms with Crippen LogP contribution in [-0.2, 0) is 0 Å². The lowest BCUT2D eigenvalue weighted by atomic mass is 10.1. The molecule has 0 heterocycles. The smallest absolute Gasteiger partial charge is 0.135 e. The largest absolute Gasteiger partial charge is 0.385 e. The van der Waals surface area contributed by atoms with Crippen molar-refractivity contribution >= 4 is 29.0 Å². The molecule has 0 saturated carbocycles. The fourth-order valence-corrected chi connectivity index (χ4v) is 1.17. The Kier molecular flexibility index (Phi) is 3.14. The SMILES string of the molecule is N=C(N)C(O)c1ccc(Cl)c(Cl)c1. The van der Waals surface area contributed by atoms with E-state index < -0.39 is 6.10 Å². The molecule has 0 radical (unpaired) electrons. The van der Waals surface area contributed by atoms with Gasteiger partial charge in [-0.1, -0.05) is 29.3 Å². The van der Waals surface area contributed by atoms with Crippen molar-refractivity contribution in [2.45, 2.75) is 6.10 Å². The molecule has 3 nitrogen and oxygen atoms in total. The number of hydrogen-bond acceptors (Lipinski definition) is 2. The van der Waals surface area contributed by atoms with E-state index in [0.29, 0.717) is 15.6 Å². The molecule has 4 N–H and O–H groups in total. The molecule has 5 heteroatoms. The molecule has 1 unspecified atom stereocenters. The topological polar surface area (TPSA) is 70.1 Å². The van der Waals surface area contributed by atoms with Crippen LogP contribution in [0.15, 0.2) is 18.2 Å². The van der Waals surface area contributed by atoms with Crippen LogP contribution in [0.3, 0.4) is 0 Å². The van der Waals surface area contributed by atoms with Crippen molar-refractivity contribution in [3.63, 3.8) is 0 Å². The van der Waals surface area contributed by atoms with E-state index in [2.05, 4.69) is 0 Å². The predicted octanol–water partition coefficient (Wildman–Crippen LogP) is 1.96. The minimum absolute atomic E-state index is 0.321. The monoisotopic (exact) mass is 218 g/mol. The summed E-state index contributed by atoms with van der Waals surface area (Å²) in [6.45, 7) is 0. The van der Waals surface area contributed by atoms with Gasteiger partial charge >= 0.3 is 0 Å². The van der Waals surface area contributed by atoms with E-state index in [1.807, 2.05) is 0 Å². The van der Waals surface area contributed by atoms with Gasteiger partial charge in [-0.15, -0.1) is 0 Å². The highest BCUT2D eigenvalue weighted by atomic mass is 35.5. The Labute approximate surface area is 85.6 Å². The van der Waals surface area contributed by atoms with Crippen LogP contribution in [0.1, 0.15) is 11.7 Å². The zero-order chi connectivity index (χ0) is 10.0. The standard InChI is InChI=1S/C8H8Cl2N2O/c9-5-2-1-4(3-6(5)10)7(13)8(11)12/h1-3,7,13H,(H3,11,12). The summed E-state index contributed by atoms with van der Waals surface area (Å²) >= 11 is 11.4. The van der Waals surface area contributed by atoms with Crippen molar-refractivity contribution in [2.75, 3.05) is 0 Å². The summed E-state index contributed by atoms with van der Waals surface area (Å²) in [6.07, 6.45) is -1.12. The van der Waals surface area contributed by atoms with E-state index in [1.54, 1.807) is 12.1 Å². The van der Waals surface area contributed by atoms with Crippen LogP contribution in [0.2, 0.25) is 10.0 Å². The molecule has 0 fully saturated rings. The maximum Gasteiger partial charge on any atom is 0.135 e. The molecule has 1 rings (SSSR count). The van der Waals surface area contributed by atoms with Gasteiger partial charge in [0.15, 0.2) is 0 Å². The van der Waals surface area contributed by atoms with Gasteiger partial charge in [0.1, 0.15) is 11.9 Å². The molecular formula is C8H8Cl2N2O. The van der Waals surface area contributed by atoms with E-state index in [1.165, 1.54) is 6.07 Å². The van der Waals surface area contributed by atoms with Crippen molar-refractivity contribution in [1.82, 2.24) is 0 Å². The summed E-state index contributed by atoms with van der Waals surface area (Å²) in [7, 11) is 0. The quantitative estimate of drug-likeness (QED) is 0.525.